The topological polar surface area (TPSA) is 32.8 Å². The predicted molar refractivity (Wildman–Crippen MR) is 98.0 cm³/mol. The van der Waals surface area contributed by atoms with Crippen LogP contribution < -0.4 is 0 Å². The first-order valence-corrected chi connectivity index (χ1v) is 10.1. The molecule has 0 radical (unpaired) electrons. The second-order valence-corrected chi connectivity index (χ2v) is 8.46. The van der Waals surface area contributed by atoms with Crippen LogP contribution in [0.2, 0.25) is 0 Å². The van der Waals surface area contributed by atoms with Crippen molar-refractivity contribution < 1.29 is 18.3 Å². The Morgan fingerprint density at radius 3 is 2.70 bits per heavy atom. The lowest BCUT2D eigenvalue weighted by Crippen LogP contribution is -2.45. The molecule has 1 aromatic carbocycles. The summed E-state index contributed by atoms with van der Waals surface area (Å²) in [7, 11) is 0. The SMILES string of the molecule is O=C(C1CCOCC1)N1CCC2(CCCN(Cc3ccc(F)c(F)c3)C2)C1. The van der Waals surface area contributed by atoms with Crippen molar-refractivity contribution >= 4 is 5.91 Å². The first kappa shape index (κ1) is 18.8. The average molecular weight is 378 g/mol. The molecule has 1 spiro atoms. The number of ether oxygens (including phenoxy) is 1. The summed E-state index contributed by atoms with van der Waals surface area (Å²) in [4.78, 5) is 17.2. The van der Waals surface area contributed by atoms with Crippen LogP contribution in [0.1, 0.15) is 37.7 Å². The van der Waals surface area contributed by atoms with Crippen LogP contribution in [0, 0.1) is 23.0 Å². The smallest absolute Gasteiger partial charge is 0.225 e. The van der Waals surface area contributed by atoms with Gasteiger partial charge < -0.3 is 9.64 Å². The third kappa shape index (κ3) is 4.16. The molecule has 3 saturated heterocycles. The fourth-order valence-corrected chi connectivity index (χ4v) is 5.00. The fraction of sp³-hybridized carbons (Fsp3) is 0.667. The Bertz CT molecular complexity index is 693. The number of rotatable bonds is 3. The van der Waals surface area contributed by atoms with Crippen LogP contribution in [-0.2, 0) is 16.1 Å². The molecule has 1 amide bonds. The van der Waals surface area contributed by atoms with Gasteiger partial charge in [-0.25, -0.2) is 8.78 Å². The van der Waals surface area contributed by atoms with E-state index in [1.165, 1.54) is 12.1 Å². The molecule has 0 N–H and O–H groups in total. The Balaban J connectivity index is 1.37. The highest BCUT2D eigenvalue weighted by Crippen LogP contribution is 2.40. The van der Waals surface area contributed by atoms with Crippen molar-refractivity contribution in [1.82, 2.24) is 9.80 Å². The first-order valence-electron chi connectivity index (χ1n) is 10.1. The van der Waals surface area contributed by atoms with Gasteiger partial charge in [0.25, 0.3) is 0 Å². The van der Waals surface area contributed by atoms with Crippen molar-refractivity contribution in [2.75, 3.05) is 39.4 Å². The van der Waals surface area contributed by atoms with Crippen LogP contribution >= 0.6 is 0 Å². The van der Waals surface area contributed by atoms with Gasteiger partial charge in [-0.05, 0) is 56.3 Å². The number of carbonyl (C=O) groups excluding carboxylic acids is 1. The van der Waals surface area contributed by atoms with Crippen molar-refractivity contribution in [3.05, 3.63) is 35.4 Å². The van der Waals surface area contributed by atoms with E-state index in [-0.39, 0.29) is 11.3 Å². The number of carbonyl (C=O) groups is 1. The summed E-state index contributed by atoms with van der Waals surface area (Å²) in [6.07, 6.45) is 4.94. The molecule has 6 heteroatoms. The van der Waals surface area contributed by atoms with E-state index >= 15 is 0 Å². The molecule has 3 fully saturated rings. The van der Waals surface area contributed by atoms with E-state index in [1.807, 2.05) is 0 Å². The maximum Gasteiger partial charge on any atom is 0.225 e. The molecule has 27 heavy (non-hydrogen) atoms. The Morgan fingerprint density at radius 1 is 1.11 bits per heavy atom. The third-order valence-corrected chi connectivity index (χ3v) is 6.45. The van der Waals surface area contributed by atoms with Gasteiger partial charge in [0, 0.05) is 50.7 Å². The van der Waals surface area contributed by atoms with Gasteiger partial charge in [-0.3, -0.25) is 9.69 Å². The summed E-state index contributed by atoms with van der Waals surface area (Å²) in [5.74, 6) is -1.16. The standard InChI is InChI=1S/C21H28F2N2O2/c22-18-3-2-16(12-19(18)23)13-24-8-1-6-21(14-24)7-9-25(15-21)20(26)17-4-10-27-11-5-17/h2-3,12,17H,1,4-11,13-15H2. The maximum absolute atomic E-state index is 13.5. The van der Waals surface area contributed by atoms with E-state index < -0.39 is 11.6 Å². The number of halogens is 2. The van der Waals surface area contributed by atoms with Gasteiger partial charge in [0.05, 0.1) is 0 Å². The number of benzene rings is 1. The number of piperidine rings is 1. The van der Waals surface area contributed by atoms with Crippen molar-refractivity contribution in [2.24, 2.45) is 11.3 Å². The number of hydrogen-bond donors (Lipinski definition) is 0. The molecule has 1 atom stereocenters. The first-order chi connectivity index (χ1) is 13.0. The Hall–Kier alpha value is -1.53. The Morgan fingerprint density at radius 2 is 1.93 bits per heavy atom. The Labute approximate surface area is 159 Å². The molecule has 0 aromatic heterocycles. The summed E-state index contributed by atoms with van der Waals surface area (Å²) in [5, 5.41) is 0. The van der Waals surface area contributed by atoms with Crippen LogP contribution in [0.4, 0.5) is 8.78 Å². The highest BCUT2D eigenvalue weighted by atomic mass is 19.2. The second kappa shape index (κ2) is 7.84. The minimum Gasteiger partial charge on any atom is -0.381 e. The van der Waals surface area contributed by atoms with Gasteiger partial charge >= 0.3 is 0 Å². The third-order valence-electron chi connectivity index (χ3n) is 6.45. The molecule has 0 bridgehead atoms. The minimum absolute atomic E-state index is 0.121. The highest BCUT2D eigenvalue weighted by Gasteiger charge is 2.43. The summed E-state index contributed by atoms with van der Waals surface area (Å²) in [6.45, 7) is 5.58. The van der Waals surface area contributed by atoms with Gasteiger partial charge in [-0.1, -0.05) is 6.07 Å². The summed E-state index contributed by atoms with van der Waals surface area (Å²) < 4.78 is 32.0. The lowest BCUT2D eigenvalue weighted by Gasteiger charge is -2.40. The number of nitrogens with zero attached hydrogens (tertiary/aromatic N) is 2. The Kier molecular flexibility index (Phi) is 5.46. The van der Waals surface area contributed by atoms with E-state index in [0.717, 1.165) is 63.8 Å². The van der Waals surface area contributed by atoms with Gasteiger partial charge in [0.2, 0.25) is 5.91 Å². The normalized spacial score (nSPS) is 27.4. The molecule has 3 aliphatic heterocycles. The molecule has 4 nitrogen and oxygen atoms in total. The quantitative estimate of drug-likeness (QED) is 0.810. The van der Waals surface area contributed by atoms with Crippen molar-refractivity contribution in [2.45, 2.75) is 38.6 Å². The number of likely N-dealkylation sites (tertiary alicyclic amines) is 2. The highest BCUT2D eigenvalue weighted by molar-refractivity contribution is 5.79. The molecule has 3 heterocycles. The molecule has 4 rings (SSSR count). The molecular weight excluding hydrogens is 350 g/mol. The zero-order valence-corrected chi connectivity index (χ0v) is 15.8. The van der Waals surface area contributed by atoms with Crippen LogP contribution in [0.15, 0.2) is 18.2 Å². The lowest BCUT2D eigenvalue weighted by atomic mass is 9.79. The van der Waals surface area contributed by atoms with Crippen molar-refractivity contribution in [1.29, 1.82) is 0 Å². The fourth-order valence-electron chi connectivity index (χ4n) is 5.00. The molecule has 0 aliphatic carbocycles. The zero-order valence-electron chi connectivity index (χ0n) is 15.8. The molecule has 0 saturated carbocycles. The molecule has 3 aliphatic rings. The summed E-state index contributed by atoms with van der Waals surface area (Å²) in [5.41, 5.74) is 0.955. The van der Waals surface area contributed by atoms with Gasteiger partial charge in [-0.15, -0.1) is 0 Å². The maximum atomic E-state index is 13.5. The van der Waals surface area contributed by atoms with Gasteiger partial charge in [0.1, 0.15) is 0 Å². The molecule has 148 valence electrons. The minimum atomic E-state index is -0.799. The average Bonchev–Trinajstić information content (AvgIpc) is 3.08. The van der Waals surface area contributed by atoms with E-state index in [2.05, 4.69) is 9.80 Å². The number of hydrogen-bond acceptors (Lipinski definition) is 3. The van der Waals surface area contributed by atoms with Crippen LogP contribution in [0.5, 0.6) is 0 Å². The summed E-state index contributed by atoms with van der Waals surface area (Å²) >= 11 is 0. The number of amides is 1. The van der Waals surface area contributed by atoms with Gasteiger partial charge in [0.15, 0.2) is 11.6 Å². The molecular formula is C21H28F2N2O2. The molecule has 1 unspecified atom stereocenters. The lowest BCUT2D eigenvalue weighted by molar-refractivity contribution is -0.138. The van der Waals surface area contributed by atoms with Crippen LogP contribution in [0.3, 0.4) is 0 Å². The van der Waals surface area contributed by atoms with E-state index in [9.17, 15) is 13.6 Å². The zero-order chi connectivity index (χ0) is 18.9. The summed E-state index contributed by atoms with van der Waals surface area (Å²) in [6, 6.07) is 4.16. The van der Waals surface area contributed by atoms with E-state index in [4.69, 9.17) is 4.74 Å². The van der Waals surface area contributed by atoms with E-state index in [1.54, 1.807) is 6.07 Å². The van der Waals surface area contributed by atoms with E-state index in [0.29, 0.717) is 25.7 Å². The largest absolute Gasteiger partial charge is 0.381 e. The second-order valence-electron chi connectivity index (χ2n) is 8.46. The van der Waals surface area contributed by atoms with Crippen molar-refractivity contribution in [3.8, 4) is 0 Å². The van der Waals surface area contributed by atoms with Crippen LogP contribution in [0.25, 0.3) is 0 Å². The monoisotopic (exact) mass is 378 g/mol. The molecule has 1 aromatic rings. The van der Waals surface area contributed by atoms with Crippen LogP contribution in [-0.4, -0.2) is 55.1 Å². The predicted octanol–water partition coefficient (Wildman–Crippen LogP) is 3.21. The van der Waals surface area contributed by atoms with Gasteiger partial charge in [-0.2, -0.15) is 0 Å². The van der Waals surface area contributed by atoms with Crippen molar-refractivity contribution in [3.63, 3.8) is 0 Å².